The Morgan fingerprint density at radius 2 is 1.68 bits per heavy atom. The van der Waals surface area contributed by atoms with Gasteiger partial charge in [-0.25, -0.2) is 16.8 Å². The number of nitrogens with one attached hydrogen (secondary N) is 1. The number of hydrogen-bond donors (Lipinski definition) is 1. The predicted octanol–water partition coefficient (Wildman–Crippen LogP) is 2.43. The Morgan fingerprint density at radius 3 is 2.36 bits per heavy atom. The van der Waals surface area contributed by atoms with Crippen LogP contribution in [-0.4, -0.2) is 47.4 Å². The van der Waals surface area contributed by atoms with Crippen LogP contribution in [0.2, 0.25) is 0 Å². The second-order valence-electron chi connectivity index (χ2n) is 6.40. The zero-order chi connectivity index (χ0) is 20.2. The fraction of sp³-hybridized carbons (Fsp3) is 0.263. The molecule has 2 aromatic carbocycles. The van der Waals surface area contributed by atoms with E-state index < -0.39 is 20.0 Å². The van der Waals surface area contributed by atoms with E-state index in [4.69, 9.17) is 4.74 Å². The summed E-state index contributed by atoms with van der Waals surface area (Å²) in [5.41, 5.74) is 2.01. The van der Waals surface area contributed by atoms with Gasteiger partial charge in [0.25, 0.3) is 10.0 Å². The lowest BCUT2D eigenvalue weighted by Crippen LogP contribution is -2.40. The molecule has 0 aromatic heterocycles. The second kappa shape index (κ2) is 8.44. The van der Waals surface area contributed by atoms with E-state index in [1.54, 1.807) is 0 Å². The van der Waals surface area contributed by atoms with Crippen LogP contribution in [-0.2, 0) is 24.8 Å². The molecule has 150 valence electrons. The van der Waals surface area contributed by atoms with Crippen LogP contribution in [0.25, 0.3) is 6.08 Å². The smallest absolute Gasteiger partial charge is 0.255 e. The van der Waals surface area contributed by atoms with E-state index in [-0.39, 0.29) is 23.7 Å². The van der Waals surface area contributed by atoms with Gasteiger partial charge in [-0.3, -0.25) is 4.72 Å². The summed E-state index contributed by atoms with van der Waals surface area (Å²) in [6, 6.07) is 13.2. The summed E-state index contributed by atoms with van der Waals surface area (Å²) in [6.07, 6.45) is 1.48. The van der Waals surface area contributed by atoms with Gasteiger partial charge in [0.15, 0.2) is 0 Å². The number of benzene rings is 2. The second-order valence-corrected chi connectivity index (χ2v) is 9.91. The Bertz CT molecular complexity index is 1060. The number of anilines is 1. The summed E-state index contributed by atoms with van der Waals surface area (Å²) in [5.74, 6) is 0. The lowest BCUT2D eigenvalue weighted by molar-refractivity contribution is 0.0730. The number of ether oxygens (including phenoxy) is 1. The maximum absolute atomic E-state index is 12.7. The number of aryl methyl sites for hydroxylation is 1. The maximum Gasteiger partial charge on any atom is 0.255 e. The van der Waals surface area contributed by atoms with Gasteiger partial charge in [-0.2, -0.15) is 4.31 Å². The highest BCUT2D eigenvalue weighted by atomic mass is 32.2. The number of sulfonamides is 2. The number of hydrogen-bond acceptors (Lipinski definition) is 5. The molecule has 1 heterocycles. The molecule has 9 heteroatoms. The van der Waals surface area contributed by atoms with E-state index in [9.17, 15) is 16.8 Å². The first-order chi connectivity index (χ1) is 13.3. The lowest BCUT2D eigenvalue weighted by atomic mass is 10.2. The van der Waals surface area contributed by atoms with Crippen molar-refractivity contribution in [1.29, 1.82) is 0 Å². The zero-order valence-corrected chi connectivity index (χ0v) is 17.0. The number of morpholine rings is 1. The Labute approximate surface area is 165 Å². The third kappa shape index (κ3) is 5.20. The van der Waals surface area contributed by atoms with Gasteiger partial charge in [-0.05, 0) is 36.8 Å². The molecule has 2 aromatic rings. The number of nitrogens with zero attached hydrogens (tertiary/aromatic N) is 1. The molecule has 0 amide bonds. The molecular formula is C19H22N2O5S2. The molecule has 0 atom stereocenters. The van der Waals surface area contributed by atoms with Crippen molar-refractivity contribution in [2.24, 2.45) is 0 Å². The first kappa shape index (κ1) is 20.5. The third-order valence-electron chi connectivity index (χ3n) is 4.22. The van der Waals surface area contributed by atoms with Crippen LogP contribution in [0, 0.1) is 6.92 Å². The highest BCUT2D eigenvalue weighted by Crippen LogP contribution is 2.21. The maximum atomic E-state index is 12.7. The van der Waals surface area contributed by atoms with E-state index in [0.717, 1.165) is 16.5 Å². The predicted molar refractivity (Wildman–Crippen MR) is 109 cm³/mol. The van der Waals surface area contributed by atoms with Crippen molar-refractivity contribution in [2.45, 2.75) is 11.8 Å². The van der Waals surface area contributed by atoms with Crippen LogP contribution in [0.1, 0.15) is 11.1 Å². The fourth-order valence-corrected chi connectivity index (χ4v) is 5.01. The van der Waals surface area contributed by atoms with Gasteiger partial charge in [0.2, 0.25) is 10.0 Å². The van der Waals surface area contributed by atoms with Crippen LogP contribution in [0.5, 0.6) is 0 Å². The van der Waals surface area contributed by atoms with E-state index in [0.29, 0.717) is 13.2 Å². The van der Waals surface area contributed by atoms with Crippen molar-refractivity contribution in [3.8, 4) is 0 Å². The molecule has 0 radical (unpaired) electrons. The fourth-order valence-electron chi connectivity index (χ4n) is 2.70. The van der Waals surface area contributed by atoms with Crippen LogP contribution in [0.4, 0.5) is 5.69 Å². The monoisotopic (exact) mass is 422 g/mol. The minimum Gasteiger partial charge on any atom is -0.379 e. The lowest BCUT2D eigenvalue weighted by Gasteiger charge is -2.26. The van der Waals surface area contributed by atoms with E-state index in [1.165, 1.54) is 34.6 Å². The Hall–Kier alpha value is -2.20. The molecule has 7 nitrogen and oxygen atoms in total. The van der Waals surface area contributed by atoms with Gasteiger partial charge < -0.3 is 4.74 Å². The van der Waals surface area contributed by atoms with Gasteiger partial charge in [-0.15, -0.1) is 0 Å². The van der Waals surface area contributed by atoms with E-state index in [1.807, 2.05) is 31.2 Å². The summed E-state index contributed by atoms with van der Waals surface area (Å²) < 4.78 is 59.0. The summed E-state index contributed by atoms with van der Waals surface area (Å²) >= 11 is 0. The molecule has 1 fully saturated rings. The minimum atomic E-state index is -3.79. The van der Waals surface area contributed by atoms with Crippen molar-refractivity contribution in [2.75, 3.05) is 31.0 Å². The number of rotatable bonds is 6. The minimum absolute atomic E-state index is 0.0390. The van der Waals surface area contributed by atoms with Gasteiger partial charge in [0, 0.05) is 13.1 Å². The Morgan fingerprint density at radius 1 is 1.00 bits per heavy atom. The van der Waals surface area contributed by atoms with Crippen LogP contribution in [0.3, 0.4) is 0 Å². The molecule has 0 aliphatic carbocycles. The van der Waals surface area contributed by atoms with Gasteiger partial charge in [0.05, 0.1) is 29.2 Å². The molecule has 0 bridgehead atoms. The Balaban J connectivity index is 1.77. The van der Waals surface area contributed by atoms with E-state index in [2.05, 4.69) is 4.72 Å². The van der Waals surface area contributed by atoms with Crippen molar-refractivity contribution in [1.82, 2.24) is 4.31 Å². The standard InChI is InChI=1S/C19H22N2O5S2/c1-16-5-7-17(8-6-16)9-14-27(22,23)20-18-3-2-4-19(15-18)28(24,25)21-10-12-26-13-11-21/h2-9,14-15,20H,10-13H2,1H3/b14-9+. The molecule has 1 aliphatic heterocycles. The van der Waals surface area contributed by atoms with Crippen molar-refractivity contribution < 1.29 is 21.6 Å². The first-order valence-corrected chi connectivity index (χ1v) is 11.7. The largest absolute Gasteiger partial charge is 0.379 e. The highest BCUT2D eigenvalue weighted by Gasteiger charge is 2.26. The van der Waals surface area contributed by atoms with Crippen LogP contribution >= 0.6 is 0 Å². The Kier molecular flexibility index (Phi) is 6.19. The third-order valence-corrected chi connectivity index (χ3v) is 7.13. The zero-order valence-electron chi connectivity index (χ0n) is 15.4. The average Bonchev–Trinajstić information content (AvgIpc) is 2.68. The summed E-state index contributed by atoms with van der Waals surface area (Å²) in [7, 11) is -7.49. The SMILES string of the molecule is Cc1ccc(/C=C/S(=O)(=O)Nc2cccc(S(=O)(=O)N3CCOCC3)c2)cc1. The van der Waals surface area contributed by atoms with Crippen LogP contribution in [0.15, 0.2) is 58.8 Å². The average molecular weight is 423 g/mol. The molecule has 28 heavy (non-hydrogen) atoms. The molecule has 0 spiro atoms. The van der Waals surface area contributed by atoms with E-state index >= 15 is 0 Å². The molecular weight excluding hydrogens is 400 g/mol. The summed E-state index contributed by atoms with van der Waals surface area (Å²) in [4.78, 5) is 0.0390. The molecule has 3 rings (SSSR count). The summed E-state index contributed by atoms with van der Waals surface area (Å²) in [6.45, 7) is 3.18. The molecule has 0 unspecified atom stereocenters. The quantitative estimate of drug-likeness (QED) is 0.772. The van der Waals surface area contributed by atoms with Crippen molar-refractivity contribution in [3.05, 3.63) is 65.1 Å². The molecule has 1 aliphatic rings. The van der Waals surface area contributed by atoms with Gasteiger partial charge in [0.1, 0.15) is 0 Å². The normalized spacial score (nSPS) is 16.3. The first-order valence-electron chi connectivity index (χ1n) is 8.72. The van der Waals surface area contributed by atoms with Crippen molar-refractivity contribution in [3.63, 3.8) is 0 Å². The van der Waals surface area contributed by atoms with Crippen molar-refractivity contribution >= 4 is 31.8 Å². The topological polar surface area (TPSA) is 92.8 Å². The summed E-state index contributed by atoms with van der Waals surface area (Å²) in [5, 5.41) is 1.06. The molecule has 0 saturated carbocycles. The molecule has 1 N–H and O–H groups in total. The van der Waals surface area contributed by atoms with Gasteiger partial charge >= 0.3 is 0 Å². The van der Waals surface area contributed by atoms with Crippen LogP contribution < -0.4 is 4.72 Å². The highest BCUT2D eigenvalue weighted by molar-refractivity contribution is 7.95. The van der Waals surface area contributed by atoms with Gasteiger partial charge in [-0.1, -0.05) is 35.9 Å². The molecule has 1 saturated heterocycles.